The van der Waals surface area contributed by atoms with Crippen LogP contribution < -0.4 is 5.32 Å². The fourth-order valence-corrected chi connectivity index (χ4v) is 4.30. The van der Waals surface area contributed by atoms with Crippen LogP contribution in [0.4, 0.5) is 5.69 Å². The monoisotopic (exact) mass is 344 g/mol. The van der Waals surface area contributed by atoms with Crippen molar-refractivity contribution < 1.29 is 13.2 Å². The Labute approximate surface area is 136 Å². The number of anilines is 1. The summed E-state index contributed by atoms with van der Waals surface area (Å²) >= 11 is 5.50. The van der Waals surface area contributed by atoms with Crippen molar-refractivity contribution in [1.29, 1.82) is 0 Å². The molecule has 0 radical (unpaired) electrons. The average Bonchev–Trinajstić information content (AvgIpc) is 2.48. The smallest absolute Gasteiger partial charge is 0.243 e. The molecule has 5 nitrogen and oxygen atoms in total. The molecule has 1 saturated heterocycles. The van der Waals surface area contributed by atoms with Gasteiger partial charge in [0.2, 0.25) is 15.9 Å². The van der Waals surface area contributed by atoms with Crippen LogP contribution >= 0.6 is 11.6 Å². The lowest BCUT2D eigenvalue weighted by molar-refractivity contribution is -0.115. The van der Waals surface area contributed by atoms with Crippen molar-refractivity contribution in [2.45, 2.75) is 31.1 Å². The molecule has 1 heterocycles. The zero-order valence-corrected chi connectivity index (χ0v) is 14.2. The molecule has 1 aliphatic rings. The largest absolute Gasteiger partial charge is 0.326 e. The van der Waals surface area contributed by atoms with Crippen LogP contribution in [0.25, 0.3) is 0 Å². The first-order valence-corrected chi connectivity index (χ1v) is 9.37. The summed E-state index contributed by atoms with van der Waals surface area (Å²) in [6.45, 7) is 3.20. The van der Waals surface area contributed by atoms with Crippen LogP contribution in [0.15, 0.2) is 29.2 Å². The maximum absolute atomic E-state index is 12.6. The minimum Gasteiger partial charge on any atom is -0.326 e. The highest BCUT2D eigenvalue weighted by atomic mass is 35.5. The van der Waals surface area contributed by atoms with E-state index < -0.39 is 10.0 Å². The first kappa shape index (κ1) is 17.2. The third kappa shape index (κ3) is 4.21. The molecule has 1 aromatic carbocycles. The molecule has 0 aliphatic carbocycles. The fraction of sp³-hybridized carbons (Fsp3) is 0.533. The maximum Gasteiger partial charge on any atom is 0.243 e. The highest BCUT2D eigenvalue weighted by Gasteiger charge is 2.28. The number of nitrogens with one attached hydrogen (secondary N) is 1. The highest BCUT2D eigenvalue weighted by molar-refractivity contribution is 7.89. The topological polar surface area (TPSA) is 66.5 Å². The van der Waals surface area contributed by atoms with Gasteiger partial charge in [0.05, 0.1) is 4.90 Å². The van der Waals surface area contributed by atoms with Gasteiger partial charge in [0.1, 0.15) is 0 Å². The Balaban J connectivity index is 2.10. The van der Waals surface area contributed by atoms with E-state index in [1.165, 1.54) is 12.1 Å². The minimum absolute atomic E-state index is 0.185. The van der Waals surface area contributed by atoms with Crippen LogP contribution in [-0.2, 0) is 14.8 Å². The lowest BCUT2D eigenvalue weighted by atomic mass is 10.0. The molecule has 0 saturated carbocycles. The second-order valence-corrected chi connectivity index (χ2v) is 7.94. The third-order valence-corrected chi connectivity index (χ3v) is 5.79. The number of hydrogen-bond acceptors (Lipinski definition) is 3. The molecule has 22 heavy (non-hydrogen) atoms. The van der Waals surface area contributed by atoms with E-state index in [4.69, 9.17) is 11.6 Å². The summed E-state index contributed by atoms with van der Waals surface area (Å²) in [5, 5.41) is 2.68. The van der Waals surface area contributed by atoms with Gasteiger partial charge >= 0.3 is 0 Å². The predicted octanol–water partition coefficient (Wildman–Crippen LogP) is 2.67. The molecule has 2 rings (SSSR count). The molecule has 1 N–H and O–H groups in total. The van der Waals surface area contributed by atoms with Crippen molar-refractivity contribution in [1.82, 2.24) is 4.31 Å². The van der Waals surface area contributed by atoms with E-state index in [-0.39, 0.29) is 23.1 Å². The van der Waals surface area contributed by atoms with Crippen LogP contribution in [0, 0.1) is 5.92 Å². The zero-order valence-electron chi connectivity index (χ0n) is 12.6. The number of benzene rings is 1. The van der Waals surface area contributed by atoms with Gasteiger partial charge in [-0.05, 0) is 43.0 Å². The van der Waals surface area contributed by atoms with Crippen molar-refractivity contribution >= 4 is 33.2 Å². The number of alkyl halides is 1. The summed E-state index contributed by atoms with van der Waals surface area (Å²) < 4.78 is 26.7. The molecule has 122 valence electrons. The van der Waals surface area contributed by atoms with Gasteiger partial charge in [-0.2, -0.15) is 4.31 Å². The standard InChI is InChI=1S/C15H21ClN2O3S/c1-12-3-2-10-18(11-12)22(20,21)14-6-4-13(5-7-14)17-15(19)8-9-16/h4-7,12H,2-3,8-11H2,1H3,(H,17,19)/t12-/m1/s1. The Morgan fingerprint density at radius 2 is 2.05 bits per heavy atom. The number of piperidine rings is 1. The van der Waals surface area contributed by atoms with E-state index in [0.717, 1.165) is 12.8 Å². The average molecular weight is 345 g/mol. The number of halogens is 1. The van der Waals surface area contributed by atoms with Crippen molar-refractivity contribution in [3.8, 4) is 0 Å². The van der Waals surface area contributed by atoms with Crippen LogP contribution in [0.3, 0.4) is 0 Å². The highest BCUT2D eigenvalue weighted by Crippen LogP contribution is 2.24. The minimum atomic E-state index is -3.45. The van der Waals surface area contributed by atoms with Crippen LogP contribution in [0.5, 0.6) is 0 Å². The van der Waals surface area contributed by atoms with Crippen molar-refractivity contribution in [3.63, 3.8) is 0 Å². The summed E-state index contributed by atoms with van der Waals surface area (Å²) in [5.41, 5.74) is 0.570. The first-order chi connectivity index (χ1) is 10.4. The van der Waals surface area contributed by atoms with Gasteiger partial charge in [-0.15, -0.1) is 11.6 Å². The Bertz CT molecular complexity index is 616. The van der Waals surface area contributed by atoms with E-state index in [1.807, 2.05) is 0 Å². The van der Waals surface area contributed by atoms with Crippen LogP contribution in [0.1, 0.15) is 26.2 Å². The van der Waals surface area contributed by atoms with E-state index in [1.54, 1.807) is 16.4 Å². The number of nitrogens with zero attached hydrogens (tertiary/aromatic N) is 1. The van der Waals surface area contributed by atoms with Gasteiger partial charge in [-0.1, -0.05) is 6.92 Å². The molecule has 0 bridgehead atoms. The zero-order chi connectivity index (χ0) is 16.2. The number of hydrogen-bond donors (Lipinski definition) is 1. The number of sulfonamides is 1. The molecular formula is C15H21ClN2O3S. The number of carbonyl (C=O) groups excluding carboxylic acids is 1. The maximum atomic E-state index is 12.6. The summed E-state index contributed by atoms with van der Waals surface area (Å²) in [4.78, 5) is 11.7. The quantitative estimate of drug-likeness (QED) is 0.835. The number of carbonyl (C=O) groups is 1. The van der Waals surface area contributed by atoms with Gasteiger partial charge in [-0.3, -0.25) is 4.79 Å². The molecule has 1 aromatic rings. The van der Waals surface area contributed by atoms with E-state index >= 15 is 0 Å². The number of rotatable bonds is 5. The molecule has 1 fully saturated rings. The van der Waals surface area contributed by atoms with Gasteiger partial charge in [0.15, 0.2) is 0 Å². The summed E-state index contributed by atoms with van der Waals surface area (Å²) in [5.74, 6) is 0.457. The molecule has 1 atom stereocenters. The molecule has 1 amide bonds. The van der Waals surface area contributed by atoms with Crippen molar-refractivity contribution in [3.05, 3.63) is 24.3 Å². The van der Waals surface area contributed by atoms with E-state index in [0.29, 0.717) is 24.7 Å². The van der Waals surface area contributed by atoms with Crippen LogP contribution in [0.2, 0.25) is 0 Å². The van der Waals surface area contributed by atoms with Gasteiger partial charge in [-0.25, -0.2) is 8.42 Å². The predicted molar refractivity (Wildman–Crippen MR) is 87.6 cm³/mol. The second-order valence-electron chi connectivity index (χ2n) is 5.62. The van der Waals surface area contributed by atoms with Gasteiger partial charge in [0.25, 0.3) is 0 Å². The van der Waals surface area contributed by atoms with Gasteiger partial charge < -0.3 is 5.32 Å². The fourth-order valence-electron chi connectivity index (χ4n) is 2.53. The molecular weight excluding hydrogens is 324 g/mol. The lowest BCUT2D eigenvalue weighted by Crippen LogP contribution is -2.39. The Kier molecular flexibility index (Phi) is 5.83. The van der Waals surface area contributed by atoms with E-state index in [2.05, 4.69) is 12.2 Å². The normalized spacial score (nSPS) is 19.8. The molecule has 7 heteroatoms. The number of amides is 1. The summed E-state index contributed by atoms with van der Waals surface area (Å²) in [6, 6.07) is 6.27. The Morgan fingerprint density at radius 3 is 2.64 bits per heavy atom. The molecule has 0 spiro atoms. The van der Waals surface area contributed by atoms with E-state index in [9.17, 15) is 13.2 Å². The van der Waals surface area contributed by atoms with Crippen molar-refractivity contribution in [2.75, 3.05) is 24.3 Å². The summed E-state index contributed by atoms with van der Waals surface area (Å²) in [7, 11) is -3.45. The van der Waals surface area contributed by atoms with Crippen molar-refractivity contribution in [2.24, 2.45) is 5.92 Å². The Hall–Kier alpha value is -1.11. The summed E-state index contributed by atoms with van der Waals surface area (Å²) in [6.07, 6.45) is 2.19. The SMILES string of the molecule is C[C@@H]1CCCN(S(=O)(=O)c2ccc(NC(=O)CCCl)cc2)C1. The third-order valence-electron chi connectivity index (χ3n) is 3.72. The molecule has 1 aliphatic heterocycles. The molecule has 0 aromatic heterocycles. The van der Waals surface area contributed by atoms with Crippen LogP contribution in [-0.4, -0.2) is 37.6 Å². The Morgan fingerprint density at radius 1 is 1.36 bits per heavy atom. The van der Waals surface area contributed by atoms with Gasteiger partial charge in [0, 0.05) is 31.1 Å². The lowest BCUT2D eigenvalue weighted by Gasteiger charge is -2.30. The molecule has 0 unspecified atom stereocenters. The first-order valence-electron chi connectivity index (χ1n) is 7.39. The second kappa shape index (κ2) is 7.44.